The molecule has 0 aromatic heterocycles. The highest BCUT2D eigenvalue weighted by molar-refractivity contribution is 5.95. The van der Waals surface area contributed by atoms with Crippen molar-refractivity contribution in [2.75, 3.05) is 0 Å². The van der Waals surface area contributed by atoms with Crippen molar-refractivity contribution >= 4 is 11.9 Å². The highest BCUT2D eigenvalue weighted by Crippen LogP contribution is 2.33. The SMILES string of the molecule is C=CC(=O)C(CC1CC1)NC(=O)OC(C)(C)C. The van der Waals surface area contributed by atoms with E-state index >= 15 is 0 Å². The van der Waals surface area contributed by atoms with E-state index in [-0.39, 0.29) is 5.78 Å². The Bertz CT molecular complexity index is 313. The van der Waals surface area contributed by atoms with Gasteiger partial charge in [0.1, 0.15) is 5.60 Å². The van der Waals surface area contributed by atoms with E-state index in [1.807, 2.05) is 0 Å². The molecule has 4 heteroatoms. The Balaban J connectivity index is 2.49. The van der Waals surface area contributed by atoms with Crippen molar-refractivity contribution in [3.63, 3.8) is 0 Å². The molecule has 1 saturated carbocycles. The zero-order valence-corrected chi connectivity index (χ0v) is 10.8. The molecule has 1 aliphatic rings. The van der Waals surface area contributed by atoms with Crippen molar-refractivity contribution < 1.29 is 14.3 Å². The van der Waals surface area contributed by atoms with Gasteiger partial charge in [-0.3, -0.25) is 4.79 Å². The molecule has 17 heavy (non-hydrogen) atoms. The maximum atomic E-state index is 11.6. The lowest BCUT2D eigenvalue weighted by Crippen LogP contribution is -2.43. The van der Waals surface area contributed by atoms with Crippen LogP contribution in [0, 0.1) is 5.92 Å². The van der Waals surface area contributed by atoms with Crippen molar-refractivity contribution in [3.05, 3.63) is 12.7 Å². The molecule has 0 bridgehead atoms. The largest absolute Gasteiger partial charge is 0.444 e. The number of carbonyl (C=O) groups excluding carboxylic acids is 2. The first kappa shape index (κ1) is 13.7. The summed E-state index contributed by atoms with van der Waals surface area (Å²) in [5, 5.41) is 2.61. The predicted octanol–water partition coefficient (Wildman–Crippen LogP) is 2.43. The van der Waals surface area contributed by atoms with Gasteiger partial charge in [0.15, 0.2) is 5.78 Å². The van der Waals surface area contributed by atoms with Crippen LogP contribution in [0.5, 0.6) is 0 Å². The molecule has 0 aromatic carbocycles. The summed E-state index contributed by atoms with van der Waals surface area (Å²) < 4.78 is 5.13. The summed E-state index contributed by atoms with van der Waals surface area (Å²) in [6, 6.07) is -0.491. The van der Waals surface area contributed by atoms with Crippen LogP contribution >= 0.6 is 0 Å². The Morgan fingerprint density at radius 1 is 1.47 bits per heavy atom. The standard InChI is InChI=1S/C13H21NO3/c1-5-11(15)10(8-9-6-7-9)14-12(16)17-13(2,3)4/h5,9-10H,1,6-8H2,2-4H3,(H,14,16). The average molecular weight is 239 g/mol. The number of hydrogen-bond donors (Lipinski definition) is 1. The zero-order chi connectivity index (χ0) is 13.1. The summed E-state index contributed by atoms with van der Waals surface area (Å²) in [5.74, 6) is 0.404. The minimum Gasteiger partial charge on any atom is -0.444 e. The van der Waals surface area contributed by atoms with E-state index in [4.69, 9.17) is 4.74 Å². The molecule has 1 amide bonds. The molecule has 0 spiro atoms. The summed E-state index contributed by atoms with van der Waals surface area (Å²) in [6.45, 7) is 8.82. The van der Waals surface area contributed by atoms with E-state index in [1.165, 1.54) is 6.08 Å². The number of ketones is 1. The Labute approximate surface area is 102 Å². The topological polar surface area (TPSA) is 55.4 Å². The van der Waals surface area contributed by atoms with Crippen LogP contribution in [-0.4, -0.2) is 23.5 Å². The Morgan fingerprint density at radius 3 is 2.47 bits per heavy atom. The highest BCUT2D eigenvalue weighted by Gasteiger charge is 2.30. The highest BCUT2D eigenvalue weighted by atomic mass is 16.6. The first-order chi connectivity index (χ1) is 7.81. The van der Waals surface area contributed by atoms with Crippen LogP contribution in [0.15, 0.2) is 12.7 Å². The molecular weight excluding hydrogens is 218 g/mol. The van der Waals surface area contributed by atoms with Gasteiger partial charge in [-0.2, -0.15) is 0 Å². The van der Waals surface area contributed by atoms with E-state index < -0.39 is 17.7 Å². The third-order valence-corrected chi connectivity index (χ3v) is 2.50. The average Bonchev–Trinajstić information content (AvgIpc) is 2.96. The van der Waals surface area contributed by atoms with Gasteiger partial charge in [-0.1, -0.05) is 19.4 Å². The third-order valence-electron chi connectivity index (χ3n) is 2.50. The van der Waals surface area contributed by atoms with E-state index in [0.29, 0.717) is 12.3 Å². The van der Waals surface area contributed by atoms with Crippen LogP contribution in [-0.2, 0) is 9.53 Å². The number of rotatable bonds is 5. The fourth-order valence-corrected chi connectivity index (χ4v) is 1.53. The smallest absolute Gasteiger partial charge is 0.408 e. The minimum absolute atomic E-state index is 0.150. The van der Waals surface area contributed by atoms with Crippen molar-refractivity contribution in [2.24, 2.45) is 5.92 Å². The summed E-state index contributed by atoms with van der Waals surface area (Å²) in [5.41, 5.74) is -0.550. The summed E-state index contributed by atoms with van der Waals surface area (Å²) in [7, 11) is 0. The molecular formula is C13H21NO3. The van der Waals surface area contributed by atoms with Crippen LogP contribution in [0.3, 0.4) is 0 Å². The van der Waals surface area contributed by atoms with Crippen LogP contribution in [0.2, 0.25) is 0 Å². The van der Waals surface area contributed by atoms with Gasteiger partial charge in [-0.15, -0.1) is 0 Å². The first-order valence-corrected chi connectivity index (χ1v) is 5.97. The second-order valence-corrected chi connectivity index (χ2v) is 5.48. The van der Waals surface area contributed by atoms with Crippen LogP contribution in [0.4, 0.5) is 4.79 Å². The molecule has 1 unspecified atom stereocenters. The minimum atomic E-state index is -0.550. The molecule has 96 valence electrons. The van der Waals surface area contributed by atoms with E-state index in [0.717, 1.165) is 12.8 Å². The molecule has 0 aromatic rings. The number of alkyl carbamates (subject to hydrolysis) is 1. The molecule has 0 aliphatic heterocycles. The number of ether oxygens (including phenoxy) is 1. The monoisotopic (exact) mass is 239 g/mol. The van der Waals surface area contributed by atoms with E-state index in [1.54, 1.807) is 20.8 Å². The van der Waals surface area contributed by atoms with Crippen molar-refractivity contribution in [3.8, 4) is 0 Å². The number of nitrogens with one attached hydrogen (secondary N) is 1. The van der Waals surface area contributed by atoms with Crippen molar-refractivity contribution in [1.82, 2.24) is 5.32 Å². The molecule has 1 aliphatic carbocycles. The normalized spacial score (nSPS) is 17.1. The zero-order valence-electron chi connectivity index (χ0n) is 10.8. The molecule has 1 rings (SSSR count). The van der Waals surface area contributed by atoms with Gasteiger partial charge in [-0.25, -0.2) is 4.79 Å². The molecule has 0 saturated heterocycles. The Kier molecular flexibility index (Phi) is 4.32. The van der Waals surface area contributed by atoms with Gasteiger partial charge in [0.2, 0.25) is 0 Å². The maximum Gasteiger partial charge on any atom is 0.408 e. The third kappa shape index (κ3) is 5.52. The summed E-state index contributed by atoms with van der Waals surface area (Å²) in [6.07, 6.45) is 3.67. The molecule has 4 nitrogen and oxygen atoms in total. The van der Waals surface area contributed by atoms with Crippen molar-refractivity contribution in [2.45, 2.75) is 51.7 Å². The lowest BCUT2D eigenvalue weighted by Gasteiger charge is -2.22. The maximum absolute atomic E-state index is 11.6. The first-order valence-electron chi connectivity index (χ1n) is 5.97. The number of hydrogen-bond acceptors (Lipinski definition) is 3. The lowest BCUT2D eigenvalue weighted by atomic mass is 10.1. The van der Waals surface area contributed by atoms with Gasteiger partial charge in [0.05, 0.1) is 6.04 Å². The fraction of sp³-hybridized carbons (Fsp3) is 0.692. The quantitative estimate of drug-likeness (QED) is 0.750. The van der Waals surface area contributed by atoms with E-state index in [9.17, 15) is 9.59 Å². The Morgan fingerprint density at radius 2 is 2.06 bits per heavy atom. The van der Waals surface area contributed by atoms with Crippen LogP contribution in [0.25, 0.3) is 0 Å². The Hall–Kier alpha value is -1.32. The molecule has 0 radical (unpaired) electrons. The van der Waals surface area contributed by atoms with Gasteiger partial charge in [0.25, 0.3) is 0 Å². The molecule has 0 heterocycles. The molecule has 1 atom stereocenters. The summed E-state index contributed by atoms with van der Waals surface area (Å²) >= 11 is 0. The lowest BCUT2D eigenvalue weighted by molar-refractivity contribution is -0.116. The van der Waals surface area contributed by atoms with Crippen LogP contribution in [0.1, 0.15) is 40.0 Å². The van der Waals surface area contributed by atoms with Gasteiger partial charge in [0, 0.05) is 0 Å². The second-order valence-electron chi connectivity index (χ2n) is 5.48. The molecule has 1 N–H and O–H groups in total. The second kappa shape index (κ2) is 5.34. The number of carbonyl (C=O) groups is 2. The molecule has 1 fully saturated rings. The van der Waals surface area contributed by atoms with Gasteiger partial charge < -0.3 is 10.1 Å². The summed E-state index contributed by atoms with van der Waals surface area (Å²) in [4.78, 5) is 23.2. The van der Waals surface area contributed by atoms with Crippen LogP contribution < -0.4 is 5.32 Å². The van der Waals surface area contributed by atoms with Crippen molar-refractivity contribution in [1.29, 1.82) is 0 Å². The fourth-order valence-electron chi connectivity index (χ4n) is 1.53. The van der Waals surface area contributed by atoms with E-state index in [2.05, 4.69) is 11.9 Å². The predicted molar refractivity (Wildman–Crippen MR) is 65.7 cm³/mol. The van der Waals surface area contributed by atoms with Gasteiger partial charge in [-0.05, 0) is 39.2 Å². The van der Waals surface area contributed by atoms with Gasteiger partial charge >= 0.3 is 6.09 Å². The number of amides is 1.